The summed E-state index contributed by atoms with van der Waals surface area (Å²) in [4.78, 5) is 4.65. The van der Waals surface area contributed by atoms with Gasteiger partial charge in [-0.25, -0.2) is 4.98 Å². The molecule has 4 nitrogen and oxygen atoms in total. The molecular weight excluding hydrogens is 274 g/mol. The molecule has 22 heavy (non-hydrogen) atoms. The number of aliphatic hydroxyl groups excluding tert-OH is 1. The van der Waals surface area contributed by atoms with E-state index < -0.39 is 6.10 Å². The highest BCUT2D eigenvalue weighted by molar-refractivity contribution is 5.69. The number of hydrogen-bond acceptors (Lipinski definition) is 3. The van der Waals surface area contributed by atoms with Crippen molar-refractivity contribution in [1.82, 2.24) is 9.38 Å². The van der Waals surface area contributed by atoms with E-state index in [-0.39, 0.29) is 6.04 Å². The van der Waals surface area contributed by atoms with E-state index in [1.54, 1.807) is 0 Å². The number of nitrogens with zero attached hydrogens (tertiary/aromatic N) is 2. The van der Waals surface area contributed by atoms with Gasteiger partial charge in [0.05, 0.1) is 23.5 Å². The molecule has 0 saturated carbocycles. The molecule has 112 valence electrons. The zero-order valence-corrected chi connectivity index (χ0v) is 12.7. The van der Waals surface area contributed by atoms with E-state index in [4.69, 9.17) is 0 Å². The van der Waals surface area contributed by atoms with Gasteiger partial charge in [-0.2, -0.15) is 0 Å². The molecule has 2 aromatic heterocycles. The minimum absolute atomic E-state index is 0.0836. The monoisotopic (exact) mass is 293 g/mol. The molecule has 2 N–H and O–H groups in total. The minimum Gasteiger partial charge on any atom is -0.390 e. The van der Waals surface area contributed by atoms with Gasteiger partial charge in [-0.05, 0) is 37.1 Å². The average Bonchev–Trinajstić information content (AvgIpc) is 2.99. The van der Waals surface area contributed by atoms with E-state index in [2.05, 4.69) is 33.8 Å². The third-order valence-electron chi connectivity index (χ3n) is 4.64. The van der Waals surface area contributed by atoms with Crippen LogP contribution in [-0.4, -0.2) is 20.6 Å². The second-order valence-electron chi connectivity index (χ2n) is 5.99. The topological polar surface area (TPSA) is 49.6 Å². The number of benzene rings is 1. The predicted octanol–water partition coefficient (Wildman–Crippen LogP) is 3.02. The molecule has 0 spiro atoms. The highest BCUT2D eigenvalue weighted by atomic mass is 16.3. The van der Waals surface area contributed by atoms with Crippen LogP contribution in [0.4, 0.5) is 5.69 Å². The molecule has 1 aliphatic carbocycles. The van der Waals surface area contributed by atoms with Crippen LogP contribution in [-0.2, 0) is 6.42 Å². The quantitative estimate of drug-likeness (QED) is 0.763. The van der Waals surface area contributed by atoms with Gasteiger partial charge in [0.2, 0.25) is 0 Å². The van der Waals surface area contributed by atoms with Crippen LogP contribution in [0.2, 0.25) is 0 Å². The number of rotatable bonds is 2. The number of anilines is 1. The van der Waals surface area contributed by atoms with Crippen LogP contribution in [0, 0.1) is 13.8 Å². The van der Waals surface area contributed by atoms with E-state index in [1.807, 2.05) is 37.4 Å². The number of nitrogens with one attached hydrogen (secondary N) is 1. The van der Waals surface area contributed by atoms with E-state index in [1.165, 1.54) is 11.1 Å². The van der Waals surface area contributed by atoms with Gasteiger partial charge in [-0.15, -0.1) is 0 Å². The molecule has 2 unspecified atom stereocenters. The van der Waals surface area contributed by atoms with Crippen LogP contribution in [0.25, 0.3) is 5.65 Å². The van der Waals surface area contributed by atoms with Crippen molar-refractivity contribution in [2.24, 2.45) is 0 Å². The molecule has 4 heteroatoms. The number of aryl methyl sites for hydroxylation is 2. The summed E-state index contributed by atoms with van der Waals surface area (Å²) in [5, 5.41) is 13.9. The number of fused-ring (bicyclic) bond motifs is 2. The predicted molar refractivity (Wildman–Crippen MR) is 87.2 cm³/mol. The summed E-state index contributed by atoms with van der Waals surface area (Å²) in [7, 11) is 0. The Bertz CT molecular complexity index is 853. The standard InChI is InChI=1S/C18H19N3O/c1-11-12(2)21-9-5-8-15(18(21)19-11)20-17-14-7-4-3-6-13(14)10-16(17)22/h3-9,16-17,20,22H,10H2,1-2H3. The third-order valence-corrected chi connectivity index (χ3v) is 4.64. The molecule has 0 radical (unpaired) electrons. The number of aliphatic hydroxyl groups is 1. The van der Waals surface area contributed by atoms with Gasteiger partial charge in [0.25, 0.3) is 0 Å². The Morgan fingerprint density at radius 2 is 2.00 bits per heavy atom. The Hall–Kier alpha value is -2.33. The Labute approximate surface area is 129 Å². The van der Waals surface area contributed by atoms with Gasteiger partial charge in [-0.1, -0.05) is 24.3 Å². The molecule has 3 aromatic rings. The van der Waals surface area contributed by atoms with Crippen molar-refractivity contribution < 1.29 is 5.11 Å². The first-order valence-corrected chi connectivity index (χ1v) is 7.62. The van der Waals surface area contributed by atoms with Gasteiger partial charge in [0.1, 0.15) is 0 Å². The maximum absolute atomic E-state index is 10.4. The van der Waals surface area contributed by atoms with E-state index >= 15 is 0 Å². The minimum atomic E-state index is -0.408. The summed E-state index contributed by atoms with van der Waals surface area (Å²) in [6.07, 6.45) is 2.31. The lowest BCUT2D eigenvalue weighted by Gasteiger charge is -2.19. The Balaban J connectivity index is 1.77. The SMILES string of the molecule is Cc1nc2c(NC3c4ccccc4CC3O)cccn2c1C. The molecule has 4 rings (SSSR count). The fourth-order valence-corrected chi connectivity index (χ4v) is 3.33. The van der Waals surface area contributed by atoms with Crippen LogP contribution in [0.3, 0.4) is 0 Å². The second kappa shape index (κ2) is 4.85. The van der Waals surface area contributed by atoms with E-state index in [0.717, 1.165) is 22.7 Å². The first-order chi connectivity index (χ1) is 10.6. The summed E-state index contributed by atoms with van der Waals surface area (Å²) in [6, 6.07) is 12.2. The number of hydrogen-bond donors (Lipinski definition) is 2. The van der Waals surface area contributed by atoms with Crippen molar-refractivity contribution >= 4 is 11.3 Å². The molecule has 2 heterocycles. The molecule has 1 aromatic carbocycles. The smallest absolute Gasteiger partial charge is 0.160 e. The highest BCUT2D eigenvalue weighted by Gasteiger charge is 2.31. The Morgan fingerprint density at radius 1 is 1.18 bits per heavy atom. The number of pyridine rings is 1. The van der Waals surface area contributed by atoms with Crippen molar-refractivity contribution in [2.45, 2.75) is 32.4 Å². The maximum Gasteiger partial charge on any atom is 0.160 e. The summed E-state index contributed by atoms with van der Waals surface area (Å²) >= 11 is 0. The van der Waals surface area contributed by atoms with Crippen LogP contribution in [0.15, 0.2) is 42.6 Å². The van der Waals surface area contributed by atoms with Crippen molar-refractivity contribution in [3.8, 4) is 0 Å². The Kier molecular flexibility index (Phi) is 2.94. The fraction of sp³-hybridized carbons (Fsp3) is 0.278. The van der Waals surface area contributed by atoms with Crippen LogP contribution < -0.4 is 5.32 Å². The van der Waals surface area contributed by atoms with Gasteiger partial charge in [0.15, 0.2) is 5.65 Å². The summed E-state index contributed by atoms with van der Waals surface area (Å²) in [5.41, 5.74) is 6.44. The van der Waals surface area contributed by atoms with Gasteiger partial charge in [-0.3, -0.25) is 0 Å². The first-order valence-electron chi connectivity index (χ1n) is 7.62. The van der Waals surface area contributed by atoms with E-state index in [0.29, 0.717) is 6.42 Å². The highest BCUT2D eigenvalue weighted by Crippen LogP contribution is 2.35. The molecule has 1 aliphatic rings. The molecule has 0 amide bonds. The lowest BCUT2D eigenvalue weighted by molar-refractivity contribution is 0.166. The second-order valence-corrected chi connectivity index (χ2v) is 5.99. The average molecular weight is 293 g/mol. The lowest BCUT2D eigenvalue weighted by Crippen LogP contribution is -2.21. The zero-order chi connectivity index (χ0) is 15.3. The fourth-order valence-electron chi connectivity index (χ4n) is 3.33. The molecule has 0 bridgehead atoms. The molecular formula is C18H19N3O. The van der Waals surface area contributed by atoms with Gasteiger partial charge < -0.3 is 14.8 Å². The van der Waals surface area contributed by atoms with Crippen LogP contribution in [0.1, 0.15) is 28.6 Å². The number of aromatic nitrogens is 2. The molecule has 0 aliphatic heterocycles. The largest absolute Gasteiger partial charge is 0.390 e. The molecule has 2 atom stereocenters. The van der Waals surface area contributed by atoms with E-state index in [9.17, 15) is 5.11 Å². The lowest BCUT2D eigenvalue weighted by atomic mass is 10.1. The van der Waals surface area contributed by atoms with Crippen LogP contribution >= 0.6 is 0 Å². The maximum atomic E-state index is 10.4. The summed E-state index contributed by atoms with van der Waals surface area (Å²) < 4.78 is 2.09. The molecule has 0 fully saturated rings. The Morgan fingerprint density at radius 3 is 2.86 bits per heavy atom. The normalized spacial score (nSPS) is 20.3. The first kappa shape index (κ1) is 13.3. The van der Waals surface area contributed by atoms with Gasteiger partial charge in [0, 0.05) is 18.3 Å². The van der Waals surface area contributed by atoms with Crippen molar-refractivity contribution in [1.29, 1.82) is 0 Å². The number of imidazole rings is 1. The van der Waals surface area contributed by atoms with Crippen LogP contribution in [0.5, 0.6) is 0 Å². The van der Waals surface area contributed by atoms with Crippen molar-refractivity contribution in [3.05, 3.63) is 65.1 Å². The summed E-state index contributed by atoms with van der Waals surface area (Å²) in [5.74, 6) is 0. The molecule has 0 saturated heterocycles. The summed E-state index contributed by atoms with van der Waals surface area (Å²) in [6.45, 7) is 4.09. The van der Waals surface area contributed by atoms with Gasteiger partial charge >= 0.3 is 0 Å². The van der Waals surface area contributed by atoms with Crippen molar-refractivity contribution in [2.75, 3.05) is 5.32 Å². The van der Waals surface area contributed by atoms with Crippen molar-refractivity contribution in [3.63, 3.8) is 0 Å². The zero-order valence-electron chi connectivity index (χ0n) is 12.7. The third kappa shape index (κ3) is 1.91.